The molecule has 0 saturated heterocycles. The molecular formula is C30H24. The average Bonchev–Trinajstić information content (AvgIpc) is 3.31. The zero-order chi connectivity index (χ0) is 20.1. The molecule has 0 aliphatic heterocycles. The van der Waals surface area contributed by atoms with Crippen molar-refractivity contribution >= 4 is 0 Å². The number of fused-ring (bicyclic) bond motifs is 6. The van der Waals surface area contributed by atoms with Crippen molar-refractivity contribution in [2.75, 3.05) is 0 Å². The van der Waals surface area contributed by atoms with E-state index in [9.17, 15) is 0 Å². The molecule has 144 valence electrons. The Kier molecular flexibility index (Phi) is 3.99. The molecule has 2 aliphatic rings. The van der Waals surface area contributed by atoms with Crippen LogP contribution in [0.1, 0.15) is 46.1 Å². The lowest BCUT2D eigenvalue weighted by Crippen LogP contribution is -2.03. The van der Waals surface area contributed by atoms with Crippen LogP contribution in [0, 0.1) is 0 Å². The van der Waals surface area contributed by atoms with Gasteiger partial charge in [0, 0.05) is 11.8 Å². The first-order valence-corrected chi connectivity index (χ1v) is 10.9. The second-order valence-corrected chi connectivity index (χ2v) is 8.44. The molecule has 0 bridgehead atoms. The maximum absolute atomic E-state index is 4.18. The largest absolute Gasteiger partial charge is 0.102 e. The van der Waals surface area contributed by atoms with Crippen LogP contribution in [0.4, 0.5) is 0 Å². The summed E-state index contributed by atoms with van der Waals surface area (Å²) < 4.78 is 0. The van der Waals surface area contributed by atoms with Gasteiger partial charge in [-0.05, 0) is 62.9 Å². The standard InChI is InChI=1S/C30H24/c1-2-21-22-11-3-8-16-27(22)29-17-9-10-20(30(21)29)18-19-28-25-14-6-4-12-23(25)24-13-5-7-15-26(24)28/h2-17,21,28H,1,18-19H2. The highest BCUT2D eigenvalue weighted by Crippen LogP contribution is 2.49. The smallest absolute Gasteiger partial charge is 0.0282 e. The third kappa shape index (κ3) is 2.47. The van der Waals surface area contributed by atoms with Gasteiger partial charge in [-0.2, -0.15) is 0 Å². The van der Waals surface area contributed by atoms with Crippen molar-refractivity contribution in [1.29, 1.82) is 0 Å². The van der Waals surface area contributed by atoms with Crippen LogP contribution in [0.2, 0.25) is 0 Å². The predicted octanol–water partition coefficient (Wildman–Crippen LogP) is 7.73. The lowest BCUT2D eigenvalue weighted by Gasteiger charge is -2.17. The number of hydrogen-bond donors (Lipinski definition) is 0. The van der Waals surface area contributed by atoms with E-state index in [0.29, 0.717) is 11.8 Å². The first-order chi connectivity index (χ1) is 14.9. The Morgan fingerprint density at radius 3 is 1.77 bits per heavy atom. The minimum atomic E-state index is 0.301. The number of rotatable bonds is 4. The van der Waals surface area contributed by atoms with Gasteiger partial charge in [-0.1, -0.05) is 97.1 Å². The van der Waals surface area contributed by atoms with Gasteiger partial charge in [0.25, 0.3) is 0 Å². The van der Waals surface area contributed by atoms with E-state index in [1.807, 2.05) is 0 Å². The molecule has 0 N–H and O–H groups in total. The predicted molar refractivity (Wildman–Crippen MR) is 126 cm³/mol. The summed E-state index contributed by atoms with van der Waals surface area (Å²) in [6.45, 7) is 4.18. The maximum Gasteiger partial charge on any atom is 0.0282 e. The quantitative estimate of drug-likeness (QED) is 0.316. The van der Waals surface area contributed by atoms with Gasteiger partial charge < -0.3 is 0 Å². The van der Waals surface area contributed by atoms with Crippen molar-refractivity contribution in [3.05, 3.63) is 131 Å². The Morgan fingerprint density at radius 2 is 1.13 bits per heavy atom. The average molecular weight is 385 g/mol. The van der Waals surface area contributed by atoms with Gasteiger partial charge >= 0.3 is 0 Å². The van der Waals surface area contributed by atoms with Crippen LogP contribution in [-0.4, -0.2) is 0 Å². The molecule has 4 aromatic rings. The van der Waals surface area contributed by atoms with E-state index >= 15 is 0 Å². The van der Waals surface area contributed by atoms with Gasteiger partial charge in [-0.3, -0.25) is 0 Å². The zero-order valence-electron chi connectivity index (χ0n) is 17.0. The minimum absolute atomic E-state index is 0.301. The van der Waals surface area contributed by atoms with E-state index in [0.717, 1.165) is 12.8 Å². The first kappa shape index (κ1) is 17.5. The second-order valence-electron chi connectivity index (χ2n) is 8.44. The Labute approximate surface area is 178 Å². The van der Waals surface area contributed by atoms with Crippen molar-refractivity contribution in [2.45, 2.75) is 24.7 Å². The Bertz CT molecular complexity index is 1230. The van der Waals surface area contributed by atoms with Gasteiger partial charge in [0.1, 0.15) is 0 Å². The molecule has 0 nitrogen and oxygen atoms in total. The minimum Gasteiger partial charge on any atom is -0.102 e. The maximum atomic E-state index is 4.18. The van der Waals surface area contributed by atoms with Gasteiger partial charge in [0.05, 0.1) is 0 Å². The highest BCUT2D eigenvalue weighted by molar-refractivity contribution is 5.81. The Balaban J connectivity index is 1.39. The van der Waals surface area contributed by atoms with Crippen LogP contribution in [0.5, 0.6) is 0 Å². The highest BCUT2D eigenvalue weighted by atomic mass is 14.3. The van der Waals surface area contributed by atoms with Crippen molar-refractivity contribution in [2.24, 2.45) is 0 Å². The molecule has 0 fully saturated rings. The van der Waals surface area contributed by atoms with Gasteiger partial charge in [0.2, 0.25) is 0 Å². The third-order valence-electron chi connectivity index (χ3n) is 6.99. The van der Waals surface area contributed by atoms with Crippen LogP contribution in [0.25, 0.3) is 22.3 Å². The summed E-state index contributed by atoms with van der Waals surface area (Å²) in [5.41, 5.74) is 12.9. The van der Waals surface area contributed by atoms with Crippen LogP contribution in [-0.2, 0) is 6.42 Å². The molecule has 0 heteroatoms. The van der Waals surface area contributed by atoms with E-state index in [1.54, 1.807) is 0 Å². The molecule has 30 heavy (non-hydrogen) atoms. The Hall–Kier alpha value is -3.38. The highest BCUT2D eigenvalue weighted by Gasteiger charge is 2.30. The molecule has 2 aliphatic carbocycles. The van der Waals surface area contributed by atoms with Gasteiger partial charge in [-0.15, -0.1) is 6.58 Å². The van der Waals surface area contributed by atoms with Crippen LogP contribution in [0.15, 0.2) is 104 Å². The number of allylic oxidation sites excluding steroid dienone is 1. The molecule has 0 aromatic heterocycles. The second kappa shape index (κ2) is 6.85. The van der Waals surface area contributed by atoms with E-state index in [-0.39, 0.29) is 0 Å². The third-order valence-corrected chi connectivity index (χ3v) is 6.99. The van der Waals surface area contributed by atoms with Crippen LogP contribution < -0.4 is 0 Å². The van der Waals surface area contributed by atoms with Crippen LogP contribution >= 0.6 is 0 Å². The molecule has 0 amide bonds. The van der Waals surface area contributed by atoms with Crippen molar-refractivity contribution in [3.8, 4) is 22.3 Å². The number of aryl methyl sites for hydroxylation is 1. The lowest BCUT2D eigenvalue weighted by molar-refractivity contribution is 0.724. The molecule has 1 atom stereocenters. The monoisotopic (exact) mass is 384 g/mol. The van der Waals surface area contributed by atoms with E-state index in [1.165, 1.54) is 50.1 Å². The SMILES string of the molecule is C=CC1c2ccccc2-c2cccc(CCC3c4ccccc4-c4ccccc43)c21. The number of benzene rings is 4. The molecule has 0 saturated carbocycles. The zero-order valence-corrected chi connectivity index (χ0v) is 17.0. The van der Waals surface area contributed by atoms with Crippen LogP contribution in [0.3, 0.4) is 0 Å². The molecule has 6 rings (SSSR count). The summed E-state index contributed by atoms with van der Waals surface area (Å²) in [6.07, 6.45) is 4.33. The molecule has 4 aromatic carbocycles. The normalized spacial score (nSPS) is 15.9. The molecule has 0 radical (unpaired) electrons. The van der Waals surface area contributed by atoms with Crippen molar-refractivity contribution in [1.82, 2.24) is 0 Å². The summed E-state index contributed by atoms with van der Waals surface area (Å²) >= 11 is 0. The summed E-state index contributed by atoms with van der Waals surface area (Å²) in [5.74, 6) is 0.773. The van der Waals surface area contributed by atoms with Crippen molar-refractivity contribution < 1.29 is 0 Å². The fourth-order valence-corrected chi connectivity index (χ4v) is 5.72. The van der Waals surface area contributed by atoms with Gasteiger partial charge in [0.15, 0.2) is 0 Å². The topological polar surface area (TPSA) is 0 Å². The summed E-state index contributed by atoms with van der Waals surface area (Å²) in [4.78, 5) is 0. The summed E-state index contributed by atoms with van der Waals surface area (Å²) in [6, 6.07) is 33.5. The molecular weight excluding hydrogens is 360 g/mol. The summed E-state index contributed by atoms with van der Waals surface area (Å²) in [5, 5.41) is 0. The molecule has 0 spiro atoms. The number of hydrogen-bond acceptors (Lipinski definition) is 0. The fraction of sp³-hybridized carbons (Fsp3) is 0.133. The molecule has 0 heterocycles. The molecule has 1 unspecified atom stereocenters. The van der Waals surface area contributed by atoms with Gasteiger partial charge in [-0.25, -0.2) is 0 Å². The van der Waals surface area contributed by atoms with E-state index < -0.39 is 0 Å². The van der Waals surface area contributed by atoms with E-state index in [4.69, 9.17) is 0 Å². The first-order valence-electron chi connectivity index (χ1n) is 10.9. The fourth-order valence-electron chi connectivity index (χ4n) is 5.72. The Morgan fingerprint density at radius 1 is 0.600 bits per heavy atom. The lowest BCUT2D eigenvalue weighted by atomic mass is 9.86. The van der Waals surface area contributed by atoms with E-state index in [2.05, 4.69) is 104 Å². The summed E-state index contributed by atoms with van der Waals surface area (Å²) in [7, 11) is 0. The van der Waals surface area contributed by atoms with Crippen molar-refractivity contribution in [3.63, 3.8) is 0 Å².